The highest BCUT2D eigenvalue weighted by Crippen LogP contribution is 2.09. The van der Waals surface area contributed by atoms with Gasteiger partial charge in [0, 0.05) is 32.2 Å². The minimum Gasteiger partial charge on any atom is -0.468 e. The van der Waals surface area contributed by atoms with Gasteiger partial charge in [-0.2, -0.15) is 0 Å². The zero-order valence-electron chi connectivity index (χ0n) is 11.8. The van der Waals surface area contributed by atoms with Crippen LogP contribution in [0.4, 0.5) is 0 Å². The van der Waals surface area contributed by atoms with Gasteiger partial charge < -0.3 is 14.6 Å². The first-order valence-electron chi connectivity index (χ1n) is 6.99. The van der Waals surface area contributed by atoms with E-state index in [-0.39, 0.29) is 0 Å². The Balaban J connectivity index is 1.74. The van der Waals surface area contributed by atoms with Crippen LogP contribution in [0.5, 0.6) is 0 Å². The molecule has 0 radical (unpaired) electrons. The molecule has 2 rings (SSSR count). The van der Waals surface area contributed by atoms with Crippen molar-refractivity contribution in [1.29, 1.82) is 0 Å². The molecule has 1 aliphatic rings. The fraction of sp³-hybridized carbons (Fsp3) is 0.643. The topological polar surface area (TPSA) is 31.6 Å². The van der Waals surface area contributed by atoms with Crippen molar-refractivity contribution in [3.63, 3.8) is 0 Å². The highest BCUT2D eigenvalue weighted by atomic mass is 32.1. The van der Waals surface area contributed by atoms with E-state index in [4.69, 9.17) is 16.6 Å². The lowest BCUT2D eigenvalue weighted by atomic mass is 10.2. The molecule has 1 fully saturated rings. The number of piperazine rings is 1. The van der Waals surface area contributed by atoms with Crippen molar-refractivity contribution in [1.82, 2.24) is 15.1 Å². The Labute approximate surface area is 120 Å². The normalized spacial score (nSPS) is 18.3. The van der Waals surface area contributed by atoms with Crippen LogP contribution in [-0.2, 0) is 6.54 Å². The van der Waals surface area contributed by atoms with Crippen molar-refractivity contribution >= 4 is 17.3 Å². The third-order valence-corrected chi connectivity index (χ3v) is 3.98. The van der Waals surface area contributed by atoms with Gasteiger partial charge >= 0.3 is 0 Å². The first-order valence-corrected chi connectivity index (χ1v) is 7.40. The summed E-state index contributed by atoms with van der Waals surface area (Å²) < 4.78 is 5.38. The van der Waals surface area contributed by atoms with Crippen molar-refractivity contribution < 1.29 is 4.42 Å². The number of hydrogen-bond donors (Lipinski definition) is 1. The quantitative estimate of drug-likeness (QED) is 0.854. The number of thiocarbonyl (C=S) groups is 1. The summed E-state index contributed by atoms with van der Waals surface area (Å²) in [5.74, 6) is 1.04. The van der Waals surface area contributed by atoms with Crippen LogP contribution in [0.15, 0.2) is 22.8 Å². The van der Waals surface area contributed by atoms with Gasteiger partial charge in [-0.25, -0.2) is 0 Å². The first kappa shape index (κ1) is 14.3. The maximum atomic E-state index is 5.45. The minimum atomic E-state index is 0.452. The summed E-state index contributed by atoms with van der Waals surface area (Å²) in [5, 5.41) is 4.28. The summed E-state index contributed by atoms with van der Waals surface area (Å²) in [6, 6.07) is 4.42. The molecular weight excluding hydrogens is 258 g/mol. The molecule has 1 unspecified atom stereocenters. The molecule has 0 spiro atoms. The summed E-state index contributed by atoms with van der Waals surface area (Å²) >= 11 is 5.45. The van der Waals surface area contributed by atoms with Crippen LogP contribution in [0, 0.1) is 0 Å². The van der Waals surface area contributed by atoms with Crippen LogP contribution in [0.25, 0.3) is 0 Å². The molecule has 19 heavy (non-hydrogen) atoms. The van der Waals surface area contributed by atoms with Crippen molar-refractivity contribution in [2.24, 2.45) is 0 Å². The lowest BCUT2D eigenvalue weighted by Crippen LogP contribution is -2.52. The Bertz CT molecular complexity index is 385. The molecular formula is C14H23N3OS. The highest BCUT2D eigenvalue weighted by molar-refractivity contribution is 7.80. The van der Waals surface area contributed by atoms with Gasteiger partial charge in [0.15, 0.2) is 5.11 Å². The Morgan fingerprint density at radius 3 is 2.74 bits per heavy atom. The third-order valence-electron chi connectivity index (χ3n) is 3.60. The lowest BCUT2D eigenvalue weighted by Gasteiger charge is -2.36. The molecule has 1 aromatic rings. The standard InChI is InChI=1S/C14H23N3OS/c1-3-12(2)15-14(19)17-8-6-16(7-9-17)11-13-5-4-10-18-13/h4-5,10,12H,3,6-9,11H2,1-2H3,(H,15,19). The fourth-order valence-corrected chi connectivity index (χ4v) is 2.52. The van der Waals surface area contributed by atoms with Crippen LogP contribution in [0.1, 0.15) is 26.0 Å². The van der Waals surface area contributed by atoms with Crippen LogP contribution in [-0.4, -0.2) is 47.1 Å². The molecule has 2 heterocycles. The summed E-state index contributed by atoms with van der Waals surface area (Å²) in [4.78, 5) is 4.67. The van der Waals surface area contributed by atoms with E-state index in [0.717, 1.165) is 50.0 Å². The van der Waals surface area contributed by atoms with E-state index in [1.54, 1.807) is 6.26 Å². The predicted molar refractivity (Wildman–Crippen MR) is 81.0 cm³/mol. The van der Waals surface area contributed by atoms with Gasteiger partial charge in [0.05, 0.1) is 12.8 Å². The van der Waals surface area contributed by atoms with E-state index in [9.17, 15) is 0 Å². The zero-order chi connectivity index (χ0) is 13.7. The minimum absolute atomic E-state index is 0.452. The lowest BCUT2D eigenvalue weighted by molar-refractivity contribution is 0.164. The predicted octanol–water partition coefficient (Wildman–Crippen LogP) is 2.07. The second-order valence-electron chi connectivity index (χ2n) is 5.10. The maximum Gasteiger partial charge on any atom is 0.169 e. The van der Waals surface area contributed by atoms with Crippen LogP contribution in [0.3, 0.4) is 0 Å². The van der Waals surface area contributed by atoms with Crippen LogP contribution >= 0.6 is 12.2 Å². The van der Waals surface area contributed by atoms with Gasteiger partial charge in [0.2, 0.25) is 0 Å². The summed E-state index contributed by atoms with van der Waals surface area (Å²) in [7, 11) is 0. The smallest absolute Gasteiger partial charge is 0.169 e. The molecule has 0 amide bonds. The number of rotatable bonds is 4. The molecule has 1 aliphatic heterocycles. The third kappa shape index (κ3) is 4.21. The van der Waals surface area contributed by atoms with Crippen LogP contribution in [0.2, 0.25) is 0 Å². The van der Waals surface area contributed by atoms with Crippen molar-refractivity contribution in [3.8, 4) is 0 Å². The second-order valence-corrected chi connectivity index (χ2v) is 5.49. The summed E-state index contributed by atoms with van der Waals surface area (Å²) in [5.41, 5.74) is 0. The van der Waals surface area contributed by atoms with E-state index < -0.39 is 0 Å². The molecule has 5 heteroatoms. The molecule has 4 nitrogen and oxygen atoms in total. The Kier molecular flexibility index (Phi) is 5.22. The Morgan fingerprint density at radius 2 is 2.16 bits per heavy atom. The monoisotopic (exact) mass is 281 g/mol. The highest BCUT2D eigenvalue weighted by Gasteiger charge is 2.19. The molecule has 0 bridgehead atoms. The molecule has 0 saturated carbocycles. The van der Waals surface area contributed by atoms with Crippen molar-refractivity contribution in [2.75, 3.05) is 26.2 Å². The van der Waals surface area contributed by atoms with E-state index in [1.165, 1.54) is 0 Å². The van der Waals surface area contributed by atoms with Crippen molar-refractivity contribution in [2.45, 2.75) is 32.9 Å². The Morgan fingerprint density at radius 1 is 1.42 bits per heavy atom. The summed E-state index contributed by atoms with van der Waals surface area (Å²) in [6.07, 6.45) is 2.83. The SMILES string of the molecule is CCC(C)NC(=S)N1CCN(Cc2ccco2)CC1. The molecule has 106 valence electrons. The number of nitrogens with zero attached hydrogens (tertiary/aromatic N) is 2. The molecule has 1 atom stereocenters. The first-order chi connectivity index (χ1) is 9.19. The fourth-order valence-electron chi connectivity index (χ4n) is 2.14. The zero-order valence-corrected chi connectivity index (χ0v) is 12.6. The van der Waals surface area contributed by atoms with E-state index in [1.807, 2.05) is 12.1 Å². The van der Waals surface area contributed by atoms with E-state index in [0.29, 0.717) is 6.04 Å². The second kappa shape index (κ2) is 6.91. The van der Waals surface area contributed by atoms with Gasteiger partial charge in [-0.3, -0.25) is 4.90 Å². The largest absolute Gasteiger partial charge is 0.468 e. The van der Waals surface area contributed by atoms with E-state index in [2.05, 4.69) is 29.0 Å². The molecule has 0 aliphatic carbocycles. The van der Waals surface area contributed by atoms with Gasteiger partial charge in [0.1, 0.15) is 5.76 Å². The average molecular weight is 281 g/mol. The number of furan rings is 1. The molecule has 1 saturated heterocycles. The Hall–Kier alpha value is -1.07. The van der Waals surface area contributed by atoms with Gasteiger partial charge in [-0.15, -0.1) is 0 Å². The number of nitrogens with one attached hydrogen (secondary N) is 1. The van der Waals surface area contributed by atoms with Gasteiger partial charge in [0.25, 0.3) is 0 Å². The summed E-state index contributed by atoms with van der Waals surface area (Å²) in [6.45, 7) is 9.27. The molecule has 0 aromatic carbocycles. The maximum absolute atomic E-state index is 5.45. The molecule has 1 aromatic heterocycles. The average Bonchev–Trinajstić information content (AvgIpc) is 2.92. The van der Waals surface area contributed by atoms with Gasteiger partial charge in [-0.1, -0.05) is 6.92 Å². The van der Waals surface area contributed by atoms with E-state index >= 15 is 0 Å². The van der Waals surface area contributed by atoms with Crippen LogP contribution < -0.4 is 5.32 Å². The molecule has 1 N–H and O–H groups in total. The van der Waals surface area contributed by atoms with Gasteiger partial charge in [-0.05, 0) is 37.7 Å². The number of hydrogen-bond acceptors (Lipinski definition) is 3. The van der Waals surface area contributed by atoms with Crippen molar-refractivity contribution in [3.05, 3.63) is 24.2 Å².